The van der Waals surface area contributed by atoms with Crippen LogP contribution in [-0.2, 0) is 20.1 Å². The van der Waals surface area contributed by atoms with E-state index in [1.165, 1.54) is 12.1 Å². The monoisotopic (exact) mass is 343 g/mol. The summed E-state index contributed by atoms with van der Waals surface area (Å²) in [6.45, 7) is 4.52. The summed E-state index contributed by atoms with van der Waals surface area (Å²) in [5.41, 5.74) is 0.958. The summed E-state index contributed by atoms with van der Waals surface area (Å²) in [5, 5.41) is 0. The third-order valence-electron chi connectivity index (χ3n) is 5.09. The Morgan fingerprint density at radius 1 is 1.16 bits per heavy atom. The number of hydrogen-bond donors (Lipinski definition) is 0. The fourth-order valence-corrected chi connectivity index (χ4v) is 3.68. The van der Waals surface area contributed by atoms with Gasteiger partial charge in [-0.2, -0.15) is 0 Å². The molecule has 0 N–H and O–H groups in total. The number of fused-ring (bicyclic) bond motifs is 1. The molecule has 1 aromatic carbocycles. The van der Waals surface area contributed by atoms with Crippen molar-refractivity contribution in [3.8, 4) is 0 Å². The molecule has 1 atom stereocenters. The maximum atomic E-state index is 13.0. The highest BCUT2D eigenvalue weighted by atomic mass is 19.1. The lowest BCUT2D eigenvalue weighted by Crippen LogP contribution is -2.51. The molecule has 1 aromatic heterocycles. The molecule has 2 aliphatic rings. The lowest BCUT2D eigenvalue weighted by Gasteiger charge is -2.36. The van der Waals surface area contributed by atoms with Crippen molar-refractivity contribution >= 4 is 6.03 Å². The van der Waals surface area contributed by atoms with Gasteiger partial charge in [0.1, 0.15) is 11.6 Å². The number of nitrogens with zero attached hydrogens (tertiary/aromatic N) is 5. The first-order chi connectivity index (χ1) is 12.1. The van der Waals surface area contributed by atoms with E-state index in [0.717, 1.165) is 37.6 Å². The molecule has 0 unspecified atom stereocenters. The minimum Gasteiger partial charge on any atom is -0.337 e. The predicted octanol–water partition coefficient (Wildman–Crippen LogP) is 1.68. The number of carbonyl (C=O) groups excluding carboxylic acids is 1. The summed E-state index contributed by atoms with van der Waals surface area (Å²) in [6.07, 6.45) is 3.77. The highest BCUT2D eigenvalue weighted by Gasteiger charge is 2.40. The zero-order valence-corrected chi connectivity index (χ0v) is 14.3. The molecule has 0 spiro atoms. The predicted molar refractivity (Wildman–Crippen MR) is 91.2 cm³/mol. The van der Waals surface area contributed by atoms with Crippen LogP contribution in [0.15, 0.2) is 36.7 Å². The molecule has 2 aromatic rings. The van der Waals surface area contributed by atoms with Gasteiger partial charge in [0.15, 0.2) is 0 Å². The van der Waals surface area contributed by atoms with Gasteiger partial charge in [0.05, 0.1) is 12.6 Å². The molecule has 0 aliphatic carbocycles. The number of piperazine rings is 1. The topological polar surface area (TPSA) is 44.6 Å². The molecule has 2 saturated heterocycles. The third kappa shape index (κ3) is 3.24. The van der Waals surface area contributed by atoms with E-state index in [-0.39, 0.29) is 17.9 Å². The fourth-order valence-electron chi connectivity index (χ4n) is 3.68. The van der Waals surface area contributed by atoms with Gasteiger partial charge in [0.2, 0.25) is 0 Å². The fraction of sp³-hybridized carbons (Fsp3) is 0.444. The Labute approximate surface area is 146 Å². The molecule has 0 radical (unpaired) electrons. The van der Waals surface area contributed by atoms with E-state index in [1.54, 1.807) is 12.1 Å². The van der Waals surface area contributed by atoms with Crippen molar-refractivity contribution in [2.24, 2.45) is 7.05 Å². The van der Waals surface area contributed by atoms with Gasteiger partial charge < -0.3 is 14.4 Å². The summed E-state index contributed by atoms with van der Waals surface area (Å²) >= 11 is 0. The molecule has 25 heavy (non-hydrogen) atoms. The lowest BCUT2D eigenvalue weighted by atomic mass is 10.2. The first-order valence-electron chi connectivity index (χ1n) is 8.59. The molecular formula is C18H22FN5O. The van der Waals surface area contributed by atoms with E-state index in [9.17, 15) is 9.18 Å². The van der Waals surface area contributed by atoms with Crippen molar-refractivity contribution < 1.29 is 9.18 Å². The highest BCUT2D eigenvalue weighted by Crippen LogP contribution is 2.23. The van der Waals surface area contributed by atoms with E-state index < -0.39 is 0 Å². The second kappa shape index (κ2) is 6.48. The number of halogens is 1. The first-order valence-corrected chi connectivity index (χ1v) is 8.59. The molecule has 0 bridgehead atoms. The third-order valence-corrected chi connectivity index (χ3v) is 5.09. The number of hydrogen-bond acceptors (Lipinski definition) is 3. The van der Waals surface area contributed by atoms with Crippen LogP contribution in [0, 0.1) is 5.82 Å². The number of benzene rings is 1. The Morgan fingerprint density at radius 2 is 1.96 bits per heavy atom. The van der Waals surface area contributed by atoms with Gasteiger partial charge in [-0.05, 0) is 17.7 Å². The molecule has 7 heteroatoms. The Bertz CT molecular complexity index is 759. The van der Waals surface area contributed by atoms with Crippen LogP contribution in [0.1, 0.15) is 11.4 Å². The minimum atomic E-state index is -0.251. The van der Waals surface area contributed by atoms with Crippen LogP contribution in [0.4, 0.5) is 9.18 Å². The van der Waals surface area contributed by atoms with Gasteiger partial charge in [0.25, 0.3) is 0 Å². The first kappa shape index (κ1) is 16.1. The van der Waals surface area contributed by atoms with Crippen molar-refractivity contribution in [2.75, 3.05) is 26.2 Å². The Hall–Kier alpha value is -2.41. The Kier molecular flexibility index (Phi) is 4.17. The summed E-state index contributed by atoms with van der Waals surface area (Å²) in [7, 11) is 2.00. The van der Waals surface area contributed by atoms with Crippen molar-refractivity contribution in [3.63, 3.8) is 0 Å². The summed E-state index contributed by atoms with van der Waals surface area (Å²) in [6, 6.07) is 6.67. The molecule has 3 heterocycles. The molecule has 4 rings (SSSR count). The number of carbonyl (C=O) groups is 1. The van der Waals surface area contributed by atoms with Gasteiger partial charge in [-0.25, -0.2) is 14.2 Å². The van der Waals surface area contributed by atoms with Gasteiger partial charge in [-0.3, -0.25) is 4.90 Å². The molecule has 2 aliphatic heterocycles. The molecule has 2 amide bonds. The largest absolute Gasteiger partial charge is 0.337 e. The van der Waals surface area contributed by atoms with Crippen molar-refractivity contribution in [3.05, 3.63) is 53.9 Å². The molecule has 2 fully saturated rings. The van der Waals surface area contributed by atoms with Gasteiger partial charge >= 0.3 is 6.03 Å². The van der Waals surface area contributed by atoms with E-state index in [1.807, 2.05) is 33.8 Å². The second-order valence-electron chi connectivity index (χ2n) is 6.83. The molecule has 0 saturated carbocycles. The maximum absolute atomic E-state index is 13.0. The normalized spacial score (nSPS) is 21.0. The smallest absolute Gasteiger partial charge is 0.320 e. The van der Waals surface area contributed by atoms with Crippen LogP contribution in [0.5, 0.6) is 0 Å². The van der Waals surface area contributed by atoms with Crippen LogP contribution in [0.25, 0.3) is 0 Å². The Morgan fingerprint density at radius 3 is 2.68 bits per heavy atom. The SMILES string of the molecule is Cn1ccnc1CN1CCN2C(=O)N(Cc3ccc(F)cc3)C[C@H]2C1. The lowest BCUT2D eigenvalue weighted by molar-refractivity contribution is 0.114. The maximum Gasteiger partial charge on any atom is 0.320 e. The number of aryl methyl sites for hydroxylation is 1. The second-order valence-corrected chi connectivity index (χ2v) is 6.83. The highest BCUT2D eigenvalue weighted by molar-refractivity contribution is 5.77. The van der Waals surface area contributed by atoms with Gasteiger partial charge in [-0.15, -0.1) is 0 Å². The van der Waals surface area contributed by atoms with Crippen molar-refractivity contribution in [2.45, 2.75) is 19.1 Å². The average Bonchev–Trinajstić information content (AvgIpc) is 3.14. The summed E-state index contributed by atoms with van der Waals surface area (Å²) < 4.78 is 15.1. The van der Waals surface area contributed by atoms with E-state index in [2.05, 4.69) is 9.88 Å². The summed E-state index contributed by atoms with van der Waals surface area (Å²) in [4.78, 5) is 23.2. The molecule has 6 nitrogen and oxygen atoms in total. The number of imidazole rings is 1. The zero-order valence-electron chi connectivity index (χ0n) is 14.3. The number of rotatable bonds is 4. The van der Waals surface area contributed by atoms with Crippen LogP contribution in [-0.4, -0.2) is 62.5 Å². The van der Waals surface area contributed by atoms with Gasteiger partial charge in [-0.1, -0.05) is 12.1 Å². The van der Waals surface area contributed by atoms with Gasteiger partial charge in [0, 0.05) is 52.2 Å². The van der Waals surface area contributed by atoms with Crippen molar-refractivity contribution in [1.82, 2.24) is 24.3 Å². The standard InChI is InChI=1S/C18H22FN5O/c1-21-7-6-20-17(21)13-22-8-9-24-16(11-22)12-23(18(24)25)10-14-2-4-15(19)5-3-14/h2-7,16H,8-13H2,1H3/t16-/m1/s1. The van der Waals surface area contributed by atoms with E-state index >= 15 is 0 Å². The van der Waals surface area contributed by atoms with E-state index in [0.29, 0.717) is 13.1 Å². The average molecular weight is 343 g/mol. The number of aromatic nitrogens is 2. The van der Waals surface area contributed by atoms with Crippen LogP contribution < -0.4 is 0 Å². The van der Waals surface area contributed by atoms with Crippen LogP contribution in [0.3, 0.4) is 0 Å². The molecular weight excluding hydrogens is 321 g/mol. The quantitative estimate of drug-likeness (QED) is 0.848. The van der Waals surface area contributed by atoms with Crippen LogP contribution in [0.2, 0.25) is 0 Å². The van der Waals surface area contributed by atoms with E-state index in [4.69, 9.17) is 0 Å². The van der Waals surface area contributed by atoms with Crippen molar-refractivity contribution in [1.29, 1.82) is 0 Å². The van der Waals surface area contributed by atoms with Crippen LogP contribution >= 0.6 is 0 Å². The summed E-state index contributed by atoms with van der Waals surface area (Å²) in [5.74, 6) is 0.791. The number of amides is 2. The minimum absolute atomic E-state index is 0.0889. The zero-order chi connectivity index (χ0) is 17.4. The Balaban J connectivity index is 1.39. The number of urea groups is 1. The molecule has 132 valence electrons.